The van der Waals surface area contributed by atoms with Crippen molar-refractivity contribution in [3.05, 3.63) is 5.82 Å². The Morgan fingerprint density at radius 1 is 1.44 bits per heavy atom. The van der Waals surface area contributed by atoms with Crippen molar-refractivity contribution in [3.8, 4) is 0 Å². The summed E-state index contributed by atoms with van der Waals surface area (Å²) in [6.45, 7) is 0. The van der Waals surface area contributed by atoms with Gasteiger partial charge in [-0.05, 0) is 19.3 Å². The fourth-order valence-electron chi connectivity index (χ4n) is 1.51. The molecule has 2 rings (SSSR count). The minimum atomic E-state index is -4.48. The molecule has 1 fully saturated rings. The maximum atomic E-state index is 12.2. The molecule has 16 heavy (non-hydrogen) atoms. The van der Waals surface area contributed by atoms with Crippen LogP contribution in [0.15, 0.2) is 0 Å². The van der Waals surface area contributed by atoms with E-state index < -0.39 is 12.0 Å². The molecule has 0 amide bonds. The zero-order valence-electron chi connectivity index (χ0n) is 8.14. The zero-order valence-corrected chi connectivity index (χ0v) is 9.72. The molecule has 90 valence electrons. The Labute approximate surface area is 99.2 Å². The highest BCUT2D eigenvalue weighted by Gasteiger charge is 2.39. The van der Waals surface area contributed by atoms with Crippen molar-refractivity contribution in [1.82, 2.24) is 9.36 Å². The Morgan fingerprint density at radius 2 is 2.12 bits per heavy atom. The fourth-order valence-corrected chi connectivity index (χ4v) is 2.55. The third-order valence-electron chi connectivity index (χ3n) is 2.62. The number of anilines is 1. The molecule has 1 aromatic rings. The molecule has 8 heteroatoms. The van der Waals surface area contributed by atoms with E-state index in [9.17, 15) is 13.2 Å². The molecule has 0 atom stereocenters. The van der Waals surface area contributed by atoms with Crippen LogP contribution in [0, 0.1) is 0 Å². The van der Waals surface area contributed by atoms with Gasteiger partial charge in [0.05, 0.1) is 5.54 Å². The number of nitrogens with zero attached hydrogens (tertiary/aromatic N) is 2. The molecule has 1 aromatic heterocycles. The summed E-state index contributed by atoms with van der Waals surface area (Å²) in [4.78, 5) is 3.41. The van der Waals surface area contributed by atoms with Gasteiger partial charge in [0, 0.05) is 17.4 Å². The van der Waals surface area contributed by atoms with Crippen molar-refractivity contribution in [2.45, 2.75) is 31.0 Å². The minimum Gasteiger partial charge on any atom is -0.354 e. The van der Waals surface area contributed by atoms with Crippen molar-refractivity contribution in [3.63, 3.8) is 0 Å². The smallest absolute Gasteiger partial charge is 0.354 e. The lowest BCUT2D eigenvalue weighted by molar-refractivity contribution is -0.144. The Kier molecular flexibility index (Phi) is 3.00. The summed E-state index contributed by atoms with van der Waals surface area (Å²) < 4.78 is 40.0. The average Bonchev–Trinajstić information content (AvgIpc) is 2.58. The molecule has 0 saturated heterocycles. The van der Waals surface area contributed by atoms with E-state index in [1.165, 1.54) is 0 Å². The third-order valence-corrected chi connectivity index (χ3v) is 3.76. The second-order valence-corrected chi connectivity index (χ2v) is 4.83. The molecule has 0 spiro atoms. The Bertz CT molecular complexity index is 369. The predicted molar refractivity (Wildman–Crippen MR) is 55.8 cm³/mol. The van der Waals surface area contributed by atoms with Crippen molar-refractivity contribution < 1.29 is 13.2 Å². The number of rotatable bonds is 3. The van der Waals surface area contributed by atoms with Crippen LogP contribution < -0.4 is 5.32 Å². The Hall–Kier alpha value is -0.560. The van der Waals surface area contributed by atoms with Crippen LogP contribution in [0.1, 0.15) is 25.1 Å². The lowest BCUT2D eigenvalue weighted by Crippen LogP contribution is -2.46. The zero-order chi connectivity index (χ0) is 11.8. The number of hydrogen-bond donors (Lipinski definition) is 1. The van der Waals surface area contributed by atoms with Crippen LogP contribution in [-0.4, -0.2) is 20.8 Å². The first-order valence-electron chi connectivity index (χ1n) is 4.70. The molecule has 0 radical (unpaired) electrons. The van der Waals surface area contributed by atoms with E-state index in [0.29, 0.717) is 5.88 Å². The van der Waals surface area contributed by atoms with E-state index in [4.69, 9.17) is 11.6 Å². The molecule has 1 heterocycles. The van der Waals surface area contributed by atoms with Crippen LogP contribution in [0.25, 0.3) is 0 Å². The highest BCUT2D eigenvalue weighted by molar-refractivity contribution is 7.09. The molecule has 1 N–H and O–H groups in total. The molecule has 1 aliphatic rings. The van der Waals surface area contributed by atoms with Gasteiger partial charge in [0.15, 0.2) is 0 Å². The van der Waals surface area contributed by atoms with Gasteiger partial charge in [0.1, 0.15) is 0 Å². The van der Waals surface area contributed by atoms with Crippen molar-refractivity contribution in [2.75, 3.05) is 11.2 Å². The number of nitrogens with one attached hydrogen (secondary N) is 1. The monoisotopic (exact) mass is 271 g/mol. The summed E-state index contributed by atoms with van der Waals surface area (Å²) in [6, 6.07) is 0. The lowest BCUT2D eigenvalue weighted by Gasteiger charge is -2.40. The van der Waals surface area contributed by atoms with Gasteiger partial charge >= 0.3 is 6.18 Å². The summed E-state index contributed by atoms with van der Waals surface area (Å²) in [5, 5.41) is 3.13. The molecular formula is C8H9ClF3N3S. The van der Waals surface area contributed by atoms with Gasteiger partial charge in [0.2, 0.25) is 11.0 Å². The maximum absolute atomic E-state index is 12.2. The van der Waals surface area contributed by atoms with E-state index >= 15 is 0 Å². The van der Waals surface area contributed by atoms with Gasteiger partial charge in [-0.2, -0.15) is 22.5 Å². The largest absolute Gasteiger partial charge is 0.452 e. The van der Waals surface area contributed by atoms with Crippen LogP contribution in [0.3, 0.4) is 0 Å². The van der Waals surface area contributed by atoms with Crippen LogP contribution >= 0.6 is 23.1 Å². The van der Waals surface area contributed by atoms with E-state index in [2.05, 4.69) is 14.7 Å². The van der Waals surface area contributed by atoms with Gasteiger partial charge in [-0.15, -0.1) is 11.6 Å². The molecule has 1 saturated carbocycles. The molecule has 3 nitrogen and oxygen atoms in total. The van der Waals surface area contributed by atoms with Crippen LogP contribution in [0.4, 0.5) is 18.3 Å². The van der Waals surface area contributed by atoms with Gasteiger partial charge < -0.3 is 5.32 Å². The van der Waals surface area contributed by atoms with E-state index in [1.807, 2.05) is 0 Å². The second-order valence-electron chi connectivity index (χ2n) is 3.81. The van der Waals surface area contributed by atoms with E-state index in [0.717, 1.165) is 30.8 Å². The summed E-state index contributed by atoms with van der Waals surface area (Å²) in [6.07, 6.45) is -1.73. The van der Waals surface area contributed by atoms with Crippen molar-refractivity contribution in [1.29, 1.82) is 0 Å². The van der Waals surface area contributed by atoms with E-state index in [-0.39, 0.29) is 10.7 Å². The highest BCUT2D eigenvalue weighted by atomic mass is 35.5. The number of aromatic nitrogens is 2. The SMILES string of the molecule is FC(F)(F)c1nsc(NC2(CCl)CCC2)n1. The normalized spacial score (nSPS) is 19.2. The first-order chi connectivity index (χ1) is 7.45. The summed E-state index contributed by atoms with van der Waals surface area (Å²) in [5.41, 5.74) is -0.288. The number of hydrogen-bond acceptors (Lipinski definition) is 4. The fraction of sp³-hybridized carbons (Fsp3) is 0.750. The van der Waals surface area contributed by atoms with E-state index in [1.54, 1.807) is 0 Å². The van der Waals surface area contributed by atoms with Crippen molar-refractivity contribution in [2.24, 2.45) is 0 Å². The minimum absolute atomic E-state index is 0.188. The summed E-state index contributed by atoms with van der Waals surface area (Å²) in [5.74, 6) is -0.724. The Balaban J connectivity index is 2.08. The summed E-state index contributed by atoms with van der Waals surface area (Å²) >= 11 is 6.50. The summed E-state index contributed by atoms with van der Waals surface area (Å²) in [7, 11) is 0. The lowest BCUT2D eigenvalue weighted by atomic mass is 9.78. The standard InChI is InChI=1S/C8H9ClF3N3S/c9-4-7(2-1-3-7)14-6-13-5(15-16-6)8(10,11)12/h1-4H2,(H,13,14,15). The van der Waals surface area contributed by atoms with Gasteiger partial charge in [-0.1, -0.05) is 0 Å². The molecule has 0 unspecified atom stereocenters. The average molecular weight is 272 g/mol. The highest BCUT2D eigenvalue weighted by Crippen LogP contribution is 2.37. The van der Waals surface area contributed by atoms with Gasteiger partial charge in [-0.3, -0.25) is 0 Å². The molecule has 1 aliphatic carbocycles. The van der Waals surface area contributed by atoms with Gasteiger partial charge in [-0.25, -0.2) is 0 Å². The van der Waals surface area contributed by atoms with Crippen LogP contribution in [0.2, 0.25) is 0 Å². The Morgan fingerprint density at radius 3 is 2.50 bits per heavy atom. The first-order valence-corrected chi connectivity index (χ1v) is 6.01. The van der Waals surface area contributed by atoms with Crippen molar-refractivity contribution >= 4 is 28.3 Å². The number of alkyl halides is 4. The predicted octanol–water partition coefficient (Wildman–Crippen LogP) is 3.13. The first kappa shape index (κ1) is 11.9. The van der Waals surface area contributed by atoms with Crippen LogP contribution in [0.5, 0.6) is 0 Å². The second kappa shape index (κ2) is 4.03. The van der Waals surface area contributed by atoms with Gasteiger partial charge in [0.25, 0.3) is 0 Å². The quantitative estimate of drug-likeness (QED) is 0.859. The molecular weight excluding hydrogens is 263 g/mol. The molecule has 0 bridgehead atoms. The topological polar surface area (TPSA) is 37.8 Å². The number of halogens is 4. The maximum Gasteiger partial charge on any atom is 0.452 e. The molecule has 0 aromatic carbocycles. The van der Waals surface area contributed by atoms with Crippen LogP contribution in [-0.2, 0) is 6.18 Å². The third kappa shape index (κ3) is 2.24. The molecule has 0 aliphatic heterocycles.